The Labute approximate surface area is 114 Å². The molecule has 1 aromatic heterocycles. The van der Waals surface area contributed by atoms with Crippen molar-refractivity contribution in [1.82, 2.24) is 4.98 Å². The van der Waals surface area contributed by atoms with Gasteiger partial charge in [-0.05, 0) is 24.3 Å². The first-order valence-electron chi connectivity index (χ1n) is 5.36. The Hall–Kier alpha value is -2.34. The second kappa shape index (κ2) is 5.53. The van der Waals surface area contributed by atoms with Crippen LogP contribution in [0.2, 0.25) is 5.15 Å². The number of rotatable bonds is 3. The van der Waals surface area contributed by atoms with E-state index in [-0.39, 0.29) is 5.96 Å². The van der Waals surface area contributed by atoms with E-state index in [1.165, 1.54) is 6.21 Å². The van der Waals surface area contributed by atoms with Crippen molar-refractivity contribution in [2.24, 2.45) is 21.7 Å². The van der Waals surface area contributed by atoms with E-state index in [2.05, 4.69) is 15.2 Å². The number of guanidine groups is 1. The van der Waals surface area contributed by atoms with Crippen molar-refractivity contribution >= 4 is 34.7 Å². The lowest BCUT2D eigenvalue weighted by Gasteiger charge is -2.04. The molecule has 0 amide bonds. The van der Waals surface area contributed by atoms with Crippen LogP contribution in [-0.2, 0) is 0 Å². The molecule has 2 rings (SSSR count). The molecule has 4 N–H and O–H groups in total. The van der Waals surface area contributed by atoms with Gasteiger partial charge in [-0.25, -0.2) is 4.98 Å². The largest absolute Gasteiger partial charge is 0.497 e. The van der Waals surface area contributed by atoms with Crippen LogP contribution < -0.4 is 16.2 Å². The highest BCUT2D eigenvalue weighted by Gasteiger charge is 2.04. The third-order valence-corrected chi connectivity index (χ3v) is 2.68. The molecule has 7 heteroatoms. The Morgan fingerprint density at radius 1 is 1.37 bits per heavy atom. The van der Waals surface area contributed by atoms with Crippen LogP contribution in [0.25, 0.3) is 10.9 Å². The number of benzene rings is 1. The first-order chi connectivity index (χ1) is 9.10. The van der Waals surface area contributed by atoms with Gasteiger partial charge in [-0.2, -0.15) is 5.10 Å². The summed E-state index contributed by atoms with van der Waals surface area (Å²) in [5.41, 5.74) is 11.7. The monoisotopic (exact) mass is 277 g/mol. The summed E-state index contributed by atoms with van der Waals surface area (Å²) in [7, 11) is 1.60. The molecule has 0 aliphatic rings. The van der Waals surface area contributed by atoms with E-state index >= 15 is 0 Å². The first kappa shape index (κ1) is 13.1. The van der Waals surface area contributed by atoms with Crippen molar-refractivity contribution in [2.75, 3.05) is 7.11 Å². The van der Waals surface area contributed by atoms with E-state index < -0.39 is 0 Å². The minimum atomic E-state index is -0.122. The van der Waals surface area contributed by atoms with E-state index in [4.69, 9.17) is 27.8 Å². The number of fused-ring (bicyclic) bond motifs is 1. The summed E-state index contributed by atoms with van der Waals surface area (Å²) in [6.45, 7) is 0. The normalized spacial score (nSPS) is 10.8. The zero-order valence-electron chi connectivity index (χ0n) is 10.2. The molecule has 0 bridgehead atoms. The maximum atomic E-state index is 6.05. The summed E-state index contributed by atoms with van der Waals surface area (Å²) >= 11 is 6.05. The van der Waals surface area contributed by atoms with Crippen LogP contribution in [0.1, 0.15) is 5.56 Å². The fourth-order valence-corrected chi connectivity index (χ4v) is 1.72. The summed E-state index contributed by atoms with van der Waals surface area (Å²) < 4.78 is 5.16. The molecule has 98 valence electrons. The molecular formula is C12H12ClN5O. The van der Waals surface area contributed by atoms with Crippen LogP contribution in [0, 0.1) is 0 Å². The topological polar surface area (TPSA) is 98.9 Å². The fourth-order valence-electron chi connectivity index (χ4n) is 1.52. The predicted molar refractivity (Wildman–Crippen MR) is 76.7 cm³/mol. The third-order valence-electron chi connectivity index (χ3n) is 2.37. The van der Waals surface area contributed by atoms with Crippen LogP contribution in [0.4, 0.5) is 0 Å². The standard InChI is InChI=1S/C12H12ClN5O/c1-19-9-2-3-10-7(5-9)4-8(11(13)17-10)6-16-18-12(14)15/h2-6H,1H3,(H4,14,15,18)/b16-6-. The fraction of sp³-hybridized carbons (Fsp3) is 0.0833. The lowest BCUT2D eigenvalue weighted by Crippen LogP contribution is -2.21. The Morgan fingerprint density at radius 2 is 2.16 bits per heavy atom. The Morgan fingerprint density at radius 3 is 2.84 bits per heavy atom. The van der Waals surface area contributed by atoms with Gasteiger partial charge in [-0.1, -0.05) is 11.6 Å². The zero-order valence-corrected chi connectivity index (χ0v) is 10.9. The number of methoxy groups -OCH3 is 1. The van der Waals surface area contributed by atoms with Gasteiger partial charge in [-0.3, -0.25) is 0 Å². The molecule has 0 radical (unpaired) electrons. The SMILES string of the molecule is COc1ccc2nc(Cl)c(/C=N\N=C(N)N)cc2c1. The zero-order chi connectivity index (χ0) is 13.8. The van der Waals surface area contributed by atoms with Gasteiger partial charge in [0.05, 0.1) is 18.8 Å². The van der Waals surface area contributed by atoms with Gasteiger partial charge in [0.25, 0.3) is 0 Å². The number of nitrogens with zero attached hydrogens (tertiary/aromatic N) is 3. The second-order valence-electron chi connectivity index (χ2n) is 3.70. The summed E-state index contributed by atoms with van der Waals surface area (Å²) in [5, 5.41) is 8.42. The van der Waals surface area contributed by atoms with Gasteiger partial charge < -0.3 is 16.2 Å². The molecule has 0 saturated carbocycles. The molecule has 1 aromatic carbocycles. The Kier molecular flexibility index (Phi) is 3.82. The Bertz CT molecular complexity index is 664. The molecule has 2 aromatic rings. The van der Waals surface area contributed by atoms with Crippen LogP contribution in [0.3, 0.4) is 0 Å². The van der Waals surface area contributed by atoms with Gasteiger partial charge in [-0.15, -0.1) is 5.10 Å². The molecule has 0 fully saturated rings. The number of hydrogen-bond acceptors (Lipinski definition) is 4. The maximum Gasteiger partial charge on any atom is 0.211 e. The maximum absolute atomic E-state index is 6.05. The minimum absolute atomic E-state index is 0.122. The number of ether oxygens (including phenoxy) is 1. The molecule has 19 heavy (non-hydrogen) atoms. The number of halogens is 1. The molecule has 0 atom stereocenters. The van der Waals surface area contributed by atoms with Crippen molar-refractivity contribution in [3.63, 3.8) is 0 Å². The van der Waals surface area contributed by atoms with Crippen molar-refractivity contribution in [1.29, 1.82) is 0 Å². The van der Waals surface area contributed by atoms with Crippen LogP contribution in [0.5, 0.6) is 5.75 Å². The molecule has 0 unspecified atom stereocenters. The van der Waals surface area contributed by atoms with E-state index in [1.54, 1.807) is 7.11 Å². The highest BCUT2D eigenvalue weighted by atomic mass is 35.5. The second-order valence-corrected chi connectivity index (χ2v) is 4.05. The van der Waals surface area contributed by atoms with Gasteiger partial charge in [0, 0.05) is 10.9 Å². The van der Waals surface area contributed by atoms with E-state index in [1.807, 2.05) is 24.3 Å². The van der Waals surface area contributed by atoms with Crippen molar-refractivity contribution in [2.45, 2.75) is 0 Å². The summed E-state index contributed by atoms with van der Waals surface area (Å²) in [4.78, 5) is 4.26. The van der Waals surface area contributed by atoms with Crippen molar-refractivity contribution < 1.29 is 4.74 Å². The Balaban J connectivity index is 2.47. The summed E-state index contributed by atoms with van der Waals surface area (Å²) in [5.74, 6) is 0.617. The average Bonchev–Trinajstić information content (AvgIpc) is 2.38. The van der Waals surface area contributed by atoms with Gasteiger partial charge >= 0.3 is 0 Å². The van der Waals surface area contributed by atoms with E-state index in [0.717, 1.165) is 16.7 Å². The smallest absolute Gasteiger partial charge is 0.211 e. The molecular weight excluding hydrogens is 266 g/mol. The van der Waals surface area contributed by atoms with E-state index in [0.29, 0.717) is 10.7 Å². The molecule has 1 heterocycles. The highest BCUT2D eigenvalue weighted by molar-refractivity contribution is 6.32. The average molecular weight is 278 g/mol. The molecule has 0 aliphatic carbocycles. The molecule has 0 saturated heterocycles. The van der Waals surface area contributed by atoms with Crippen LogP contribution in [-0.4, -0.2) is 24.3 Å². The molecule has 0 aliphatic heterocycles. The number of aromatic nitrogens is 1. The molecule has 0 spiro atoms. The minimum Gasteiger partial charge on any atom is -0.497 e. The lowest BCUT2D eigenvalue weighted by molar-refractivity contribution is 0.415. The quantitative estimate of drug-likeness (QED) is 0.384. The summed E-state index contributed by atoms with van der Waals surface area (Å²) in [6.07, 6.45) is 1.44. The van der Waals surface area contributed by atoms with Gasteiger partial charge in [0.15, 0.2) is 0 Å². The van der Waals surface area contributed by atoms with Gasteiger partial charge in [0.2, 0.25) is 5.96 Å². The van der Waals surface area contributed by atoms with Crippen molar-refractivity contribution in [3.05, 3.63) is 35.0 Å². The lowest BCUT2D eigenvalue weighted by atomic mass is 10.1. The number of hydrogen-bond donors (Lipinski definition) is 2. The van der Waals surface area contributed by atoms with Gasteiger partial charge in [0.1, 0.15) is 10.9 Å². The van der Waals surface area contributed by atoms with Crippen LogP contribution >= 0.6 is 11.6 Å². The van der Waals surface area contributed by atoms with E-state index in [9.17, 15) is 0 Å². The highest BCUT2D eigenvalue weighted by Crippen LogP contribution is 2.23. The van der Waals surface area contributed by atoms with Crippen molar-refractivity contribution in [3.8, 4) is 5.75 Å². The van der Waals surface area contributed by atoms with Crippen LogP contribution in [0.15, 0.2) is 34.5 Å². The third kappa shape index (κ3) is 3.11. The summed E-state index contributed by atoms with van der Waals surface area (Å²) in [6, 6.07) is 7.34. The first-order valence-corrected chi connectivity index (χ1v) is 5.74. The predicted octanol–water partition coefficient (Wildman–Crippen LogP) is 1.50. The molecule has 6 nitrogen and oxygen atoms in total. The number of pyridine rings is 1. The number of nitrogens with two attached hydrogens (primary N) is 2.